The second-order valence-electron chi connectivity index (χ2n) is 14.8. The molecule has 0 spiro atoms. The molecule has 0 saturated heterocycles. The highest BCUT2D eigenvalue weighted by molar-refractivity contribution is 6.07. The number of nitrogens with zero attached hydrogens (tertiary/aromatic N) is 2. The minimum atomic E-state index is 0.529. The maximum absolute atomic E-state index is 6.92. The maximum atomic E-state index is 6.92. The van der Waals surface area contributed by atoms with E-state index in [2.05, 4.69) is 177 Å². The predicted molar refractivity (Wildman–Crippen MR) is 243 cm³/mol. The summed E-state index contributed by atoms with van der Waals surface area (Å²) < 4.78 is 2.38. The van der Waals surface area contributed by atoms with Gasteiger partial charge in [0.15, 0.2) is 0 Å². The minimum Gasteiger partial charge on any atom is -0.398 e. The van der Waals surface area contributed by atoms with Gasteiger partial charge in [0.25, 0.3) is 0 Å². The summed E-state index contributed by atoms with van der Waals surface area (Å²) in [5, 5.41) is 1.23. The first-order chi connectivity index (χ1) is 28.0. The van der Waals surface area contributed by atoms with Crippen LogP contribution in [-0.2, 0) is 25.8 Å². The average Bonchev–Trinajstić information content (AvgIpc) is 3.57. The van der Waals surface area contributed by atoms with Crippen LogP contribution in [0.1, 0.15) is 46.9 Å². The molecule has 0 unspecified atom stereocenters. The van der Waals surface area contributed by atoms with Crippen LogP contribution in [0.15, 0.2) is 193 Å². The monoisotopic (exact) mass is 739 g/mol. The molecule has 0 radical (unpaired) electrons. The lowest BCUT2D eigenvalue weighted by Gasteiger charge is -2.17. The van der Waals surface area contributed by atoms with Crippen LogP contribution in [0.3, 0.4) is 0 Å². The van der Waals surface area contributed by atoms with Crippen LogP contribution in [0.4, 0.5) is 0 Å². The SMILES string of the molecule is C=C1/C=C\C=C/Cc2c(n(C(/C=C(\N)c3ccccc3)=NCc3ccccc3)c3cc(-c4cccc(-c5cccc(-c6ccccc6C)c5CC)c4)ccc23)CC1. The van der Waals surface area contributed by atoms with E-state index in [9.17, 15) is 0 Å². The van der Waals surface area contributed by atoms with Crippen molar-refractivity contribution in [1.82, 2.24) is 4.57 Å². The summed E-state index contributed by atoms with van der Waals surface area (Å²) in [7, 11) is 0. The number of hydrogen-bond donors (Lipinski definition) is 1. The maximum Gasteiger partial charge on any atom is 0.134 e. The van der Waals surface area contributed by atoms with Crippen molar-refractivity contribution in [2.75, 3.05) is 0 Å². The van der Waals surface area contributed by atoms with E-state index < -0.39 is 0 Å². The third-order valence-electron chi connectivity index (χ3n) is 11.1. The van der Waals surface area contributed by atoms with Crippen molar-refractivity contribution < 1.29 is 0 Å². The molecule has 0 saturated carbocycles. The molecule has 0 fully saturated rings. The van der Waals surface area contributed by atoms with Gasteiger partial charge in [-0.25, -0.2) is 0 Å². The van der Waals surface area contributed by atoms with Crippen molar-refractivity contribution in [3.8, 4) is 33.4 Å². The Morgan fingerprint density at radius 2 is 1.42 bits per heavy atom. The summed E-state index contributed by atoms with van der Waals surface area (Å²) in [5.41, 5.74) is 24.5. The van der Waals surface area contributed by atoms with Gasteiger partial charge in [-0.2, -0.15) is 0 Å². The zero-order valence-electron chi connectivity index (χ0n) is 33.0. The second kappa shape index (κ2) is 17.0. The predicted octanol–water partition coefficient (Wildman–Crippen LogP) is 13.1. The summed E-state index contributed by atoms with van der Waals surface area (Å²) in [6, 6.07) is 52.0. The fraction of sp³-hybridized carbons (Fsp3) is 0.130. The molecule has 3 nitrogen and oxygen atoms in total. The molecule has 0 bridgehead atoms. The molecule has 1 aliphatic rings. The standard InChI is InChI=1S/C54H49N3/c1-4-45-47(28-17-29-48(45)46-26-15-14-19-39(46)3)44-25-16-24-42(34-44)43-31-32-50-49-27-13-5-8-18-38(2)30-33-52(49)57(53(50)35-43)54(56-37-40-20-9-6-10-21-40)36-51(55)41-22-11-7-12-23-41/h5-26,28-29,31-32,34-36H,2,4,27,30,33,37,55H2,1,3H3/b13-5-,18-8-,51-36-,56-54?. The number of aromatic nitrogens is 1. The quantitative estimate of drug-likeness (QED) is 0.122. The van der Waals surface area contributed by atoms with E-state index in [4.69, 9.17) is 10.7 Å². The molecule has 7 aromatic rings. The van der Waals surface area contributed by atoms with Crippen LogP contribution in [0, 0.1) is 6.92 Å². The van der Waals surface area contributed by atoms with Crippen molar-refractivity contribution in [3.63, 3.8) is 0 Å². The van der Waals surface area contributed by atoms with E-state index in [0.29, 0.717) is 12.2 Å². The molecule has 0 amide bonds. The highest BCUT2D eigenvalue weighted by Crippen LogP contribution is 2.38. The van der Waals surface area contributed by atoms with Gasteiger partial charge in [-0.1, -0.05) is 177 Å². The Kier molecular flexibility index (Phi) is 11.1. The number of allylic oxidation sites excluding steroid dienone is 6. The Hall–Kier alpha value is -6.71. The van der Waals surface area contributed by atoms with E-state index in [1.165, 1.54) is 55.6 Å². The number of nitrogens with two attached hydrogens (primary N) is 1. The highest BCUT2D eigenvalue weighted by atomic mass is 15.1. The van der Waals surface area contributed by atoms with Crippen molar-refractivity contribution in [2.24, 2.45) is 10.7 Å². The van der Waals surface area contributed by atoms with E-state index >= 15 is 0 Å². The molecule has 1 aromatic heterocycles. The van der Waals surface area contributed by atoms with Gasteiger partial charge in [0.05, 0.1) is 12.1 Å². The zero-order chi connectivity index (χ0) is 39.1. The molecule has 6 aromatic carbocycles. The molecule has 57 heavy (non-hydrogen) atoms. The van der Waals surface area contributed by atoms with Crippen molar-refractivity contribution in [2.45, 2.75) is 46.1 Å². The van der Waals surface area contributed by atoms with Gasteiger partial charge in [-0.15, -0.1) is 0 Å². The number of aliphatic imine (C=N–C) groups is 1. The largest absolute Gasteiger partial charge is 0.398 e. The van der Waals surface area contributed by atoms with Crippen molar-refractivity contribution in [1.29, 1.82) is 0 Å². The topological polar surface area (TPSA) is 43.3 Å². The van der Waals surface area contributed by atoms with Crippen molar-refractivity contribution in [3.05, 3.63) is 222 Å². The van der Waals surface area contributed by atoms with Crippen LogP contribution in [0.25, 0.3) is 50.0 Å². The van der Waals surface area contributed by atoms with Crippen LogP contribution in [0.2, 0.25) is 0 Å². The van der Waals surface area contributed by atoms with Crippen LogP contribution < -0.4 is 5.73 Å². The Balaban J connectivity index is 1.31. The summed E-state index contributed by atoms with van der Waals surface area (Å²) in [6.45, 7) is 9.38. The van der Waals surface area contributed by atoms with E-state index in [1.54, 1.807) is 0 Å². The third kappa shape index (κ3) is 8.01. The Labute approximate surface area is 337 Å². The van der Waals surface area contributed by atoms with E-state index in [0.717, 1.165) is 59.3 Å². The summed E-state index contributed by atoms with van der Waals surface area (Å²) in [6.07, 6.45) is 14.1. The lowest BCUT2D eigenvalue weighted by atomic mass is 9.88. The van der Waals surface area contributed by atoms with Crippen LogP contribution >= 0.6 is 0 Å². The Bertz CT molecular complexity index is 2690. The van der Waals surface area contributed by atoms with Gasteiger partial charge in [0.1, 0.15) is 5.84 Å². The highest BCUT2D eigenvalue weighted by Gasteiger charge is 2.21. The summed E-state index contributed by atoms with van der Waals surface area (Å²) in [4.78, 5) is 5.36. The molecule has 0 aliphatic heterocycles. The van der Waals surface area contributed by atoms with Gasteiger partial charge < -0.3 is 5.73 Å². The number of hydrogen-bond acceptors (Lipinski definition) is 2. The number of benzene rings is 6. The molecule has 1 heterocycles. The van der Waals surface area contributed by atoms with E-state index in [1.807, 2.05) is 24.3 Å². The smallest absolute Gasteiger partial charge is 0.134 e. The summed E-state index contributed by atoms with van der Waals surface area (Å²) in [5.74, 6) is 0.820. The molecule has 2 N–H and O–H groups in total. The molecular weight excluding hydrogens is 691 g/mol. The Morgan fingerprint density at radius 3 is 2.23 bits per heavy atom. The first-order valence-corrected chi connectivity index (χ1v) is 20.1. The fourth-order valence-electron chi connectivity index (χ4n) is 8.18. The minimum absolute atomic E-state index is 0.529. The number of aryl methyl sites for hydroxylation is 1. The lowest BCUT2D eigenvalue weighted by Crippen LogP contribution is -2.16. The molecular formula is C54H49N3. The van der Waals surface area contributed by atoms with E-state index in [-0.39, 0.29) is 0 Å². The molecule has 8 rings (SSSR count). The second-order valence-corrected chi connectivity index (χ2v) is 14.8. The molecule has 1 aliphatic carbocycles. The van der Waals surface area contributed by atoms with Gasteiger partial charge in [-0.3, -0.25) is 9.56 Å². The van der Waals surface area contributed by atoms with Gasteiger partial charge in [-0.05, 0) is 106 Å². The number of rotatable bonds is 8. The first-order valence-electron chi connectivity index (χ1n) is 20.1. The summed E-state index contributed by atoms with van der Waals surface area (Å²) >= 11 is 0. The molecule has 280 valence electrons. The lowest BCUT2D eigenvalue weighted by molar-refractivity contribution is 0.880. The van der Waals surface area contributed by atoms with Gasteiger partial charge in [0.2, 0.25) is 0 Å². The van der Waals surface area contributed by atoms with Crippen LogP contribution in [0.5, 0.6) is 0 Å². The van der Waals surface area contributed by atoms with Crippen LogP contribution in [-0.4, -0.2) is 10.4 Å². The first kappa shape index (κ1) is 37.2. The molecule has 0 atom stereocenters. The number of fused-ring (bicyclic) bond motifs is 3. The molecule has 3 heteroatoms. The van der Waals surface area contributed by atoms with Gasteiger partial charge >= 0.3 is 0 Å². The zero-order valence-corrected chi connectivity index (χ0v) is 33.0. The Morgan fingerprint density at radius 1 is 0.719 bits per heavy atom. The van der Waals surface area contributed by atoms with Gasteiger partial charge in [0, 0.05) is 22.9 Å². The normalized spacial score (nSPS) is 14.7. The third-order valence-corrected chi connectivity index (χ3v) is 11.1. The average molecular weight is 740 g/mol. The van der Waals surface area contributed by atoms with Crippen molar-refractivity contribution >= 4 is 22.4 Å². The fourth-order valence-corrected chi connectivity index (χ4v) is 8.18.